The van der Waals surface area contributed by atoms with Crippen LogP contribution in [0.5, 0.6) is 5.75 Å². The first-order valence-electron chi connectivity index (χ1n) is 11.2. The summed E-state index contributed by atoms with van der Waals surface area (Å²) >= 11 is 0. The Morgan fingerprint density at radius 1 is 1.10 bits per heavy atom. The number of hydrogen-bond acceptors (Lipinski definition) is 3. The minimum atomic E-state index is -0.353. The smallest absolute Gasteiger partial charge is 0.120 e. The molecule has 3 aliphatic rings. The fourth-order valence-electron chi connectivity index (χ4n) is 6.72. The highest BCUT2D eigenvalue weighted by Crippen LogP contribution is 2.62. The van der Waals surface area contributed by atoms with Crippen LogP contribution in [-0.4, -0.2) is 22.9 Å². The van der Waals surface area contributed by atoms with E-state index in [-0.39, 0.29) is 24.0 Å². The van der Waals surface area contributed by atoms with Crippen LogP contribution in [0.1, 0.15) is 55.2 Å². The summed E-state index contributed by atoms with van der Waals surface area (Å²) in [6, 6.07) is 17.0. The summed E-state index contributed by atoms with van der Waals surface area (Å²) in [6.07, 6.45) is 5.10. The van der Waals surface area contributed by atoms with Crippen LogP contribution in [0.3, 0.4) is 0 Å². The summed E-state index contributed by atoms with van der Waals surface area (Å²) < 4.78 is 6.06. The van der Waals surface area contributed by atoms with Crippen molar-refractivity contribution in [2.24, 2.45) is 23.2 Å². The van der Waals surface area contributed by atoms with Crippen molar-refractivity contribution in [1.82, 2.24) is 0 Å². The van der Waals surface area contributed by atoms with Gasteiger partial charge in [0.15, 0.2) is 0 Å². The van der Waals surface area contributed by atoms with E-state index in [9.17, 15) is 10.2 Å². The van der Waals surface area contributed by atoms with Gasteiger partial charge in [0.05, 0.1) is 6.10 Å². The zero-order valence-electron chi connectivity index (χ0n) is 17.3. The number of aryl methyl sites for hydroxylation is 1. The molecule has 5 rings (SSSR count). The highest BCUT2D eigenvalue weighted by atomic mass is 16.5. The molecule has 0 radical (unpaired) electrons. The summed E-state index contributed by atoms with van der Waals surface area (Å²) in [5.41, 5.74) is 4.11. The molecule has 0 saturated heterocycles. The SMILES string of the molecule is C[C@@]12CC[C@@H]3c4ccc(OCc5ccccc5)cc4CC[C@H]3[C@@H]1C[C@@H](CO)[C@@H]2O. The molecule has 0 spiro atoms. The highest BCUT2D eigenvalue weighted by Gasteiger charge is 2.57. The molecule has 6 atom stereocenters. The van der Waals surface area contributed by atoms with Crippen molar-refractivity contribution >= 4 is 0 Å². The van der Waals surface area contributed by atoms with E-state index in [1.807, 2.05) is 18.2 Å². The fraction of sp³-hybridized carbons (Fsp3) is 0.538. The molecule has 3 heteroatoms. The van der Waals surface area contributed by atoms with Crippen LogP contribution in [-0.2, 0) is 13.0 Å². The Morgan fingerprint density at radius 3 is 2.72 bits per heavy atom. The van der Waals surface area contributed by atoms with E-state index in [0.29, 0.717) is 24.4 Å². The van der Waals surface area contributed by atoms with Gasteiger partial charge in [-0.2, -0.15) is 0 Å². The molecule has 2 saturated carbocycles. The summed E-state index contributed by atoms with van der Waals surface area (Å²) in [4.78, 5) is 0. The van der Waals surface area contributed by atoms with E-state index < -0.39 is 0 Å². The van der Waals surface area contributed by atoms with E-state index in [2.05, 4.69) is 37.3 Å². The van der Waals surface area contributed by atoms with Gasteiger partial charge in [-0.05, 0) is 84.1 Å². The van der Waals surface area contributed by atoms with Crippen molar-refractivity contribution < 1.29 is 14.9 Å². The van der Waals surface area contributed by atoms with Crippen LogP contribution in [0.4, 0.5) is 0 Å². The van der Waals surface area contributed by atoms with Crippen LogP contribution >= 0.6 is 0 Å². The molecule has 154 valence electrons. The average Bonchev–Trinajstić information content (AvgIpc) is 3.03. The molecule has 2 aromatic carbocycles. The van der Waals surface area contributed by atoms with E-state index in [1.54, 1.807) is 0 Å². The largest absolute Gasteiger partial charge is 0.489 e. The van der Waals surface area contributed by atoms with Crippen molar-refractivity contribution in [3.8, 4) is 5.75 Å². The number of rotatable bonds is 4. The van der Waals surface area contributed by atoms with Gasteiger partial charge in [-0.25, -0.2) is 0 Å². The Bertz CT molecular complexity index is 864. The van der Waals surface area contributed by atoms with Crippen molar-refractivity contribution in [1.29, 1.82) is 0 Å². The molecule has 2 aromatic rings. The third-order valence-electron chi connectivity index (χ3n) is 8.30. The van der Waals surface area contributed by atoms with Crippen LogP contribution in [0, 0.1) is 23.2 Å². The lowest BCUT2D eigenvalue weighted by Gasteiger charge is -2.50. The summed E-state index contributed by atoms with van der Waals surface area (Å²) in [7, 11) is 0. The van der Waals surface area contributed by atoms with Crippen LogP contribution in [0.25, 0.3) is 0 Å². The maximum atomic E-state index is 10.8. The molecule has 2 N–H and O–H groups in total. The number of fused-ring (bicyclic) bond motifs is 5. The van der Waals surface area contributed by atoms with Gasteiger partial charge in [-0.3, -0.25) is 0 Å². The third-order valence-corrected chi connectivity index (χ3v) is 8.30. The number of aliphatic hydroxyl groups excluding tert-OH is 2. The average molecular weight is 393 g/mol. The molecule has 29 heavy (non-hydrogen) atoms. The van der Waals surface area contributed by atoms with Crippen molar-refractivity contribution in [2.45, 2.75) is 57.7 Å². The second-order valence-corrected chi connectivity index (χ2v) is 9.72. The third kappa shape index (κ3) is 3.19. The second kappa shape index (κ2) is 7.45. The Labute approximate surface area is 173 Å². The Kier molecular flexibility index (Phi) is 4.92. The van der Waals surface area contributed by atoms with Crippen LogP contribution in [0.15, 0.2) is 48.5 Å². The molecule has 0 unspecified atom stereocenters. The van der Waals surface area contributed by atoms with Gasteiger partial charge in [-0.1, -0.05) is 43.3 Å². The molecule has 3 aliphatic carbocycles. The standard InChI is InChI=1S/C26H32O3/c1-26-12-11-22-21-10-8-20(29-16-17-5-3-2-4-6-17)13-18(21)7-9-23(22)24(26)14-19(15-27)25(26)28/h2-6,8,10,13,19,22-25,27-28H,7,9,11-12,14-16H2,1H3/t19-,22+,23+,24-,25-,26+/m0/s1. The minimum absolute atomic E-state index is 0.0230. The fourth-order valence-corrected chi connectivity index (χ4v) is 6.72. The van der Waals surface area contributed by atoms with Gasteiger partial charge >= 0.3 is 0 Å². The maximum absolute atomic E-state index is 10.8. The number of hydrogen-bond donors (Lipinski definition) is 2. The molecular formula is C26H32O3. The van der Waals surface area contributed by atoms with Gasteiger partial charge in [0.1, 0.15) is 12.4 Å². The lowest BCUT2D eigenvalue weighted by atomic mass is 9.55. The number of aliphatic hydroxyl groups is 2. The second-order valence-electron chi connectivity index (χ2n) is 9.72. The van der Waals surface area contributed by atoms with Gasteiger partial charge in [0.25, 0.3) is 0 Å². The topological polar surface area (TPSA) is 49.7 Å². The number of ether oxygens (including phenoxy) is 1. The molecule has 2 fully saturated rings. The van der Waals surface area contributed by atoms with Crippen molar-refractivity contribution in [2.75, 3.05) is 6.61 Å². The lowest BCUT2D eigenvalue weighted by Crippen LogP contribution is -2.44. The summed E-state index contributed by atoms with van der Waals surface area (Å²) in [6.45, 7) is 2.99. The molecule has 3 nitrogen and oxygen atoms in total. The van der Waals surface area contributed by atoms with E-state index >= 15 is 0 Å². The Balaban J connectivity index is 1.34. The highest BCUT2D eigenvalue weighted by molar-refractivity contribution is 5.41. The Hall–Kier alpha value is -1.84. The van der Waals surface area contributed by atoms with E-state index in [0.717, 1.165) is 31.4 Å². The molecule has 0 heterocycles. The zero-order valence-corrected chi connectivity index (χ0v) is 17.3. The minimum Gasteiger partial charge on any atom is -0.489 e. The van der Waals surface area contributed by atoms with Gasteiger partial charge in [-0.15, -0.1) is 0 Å². The quantitative estimate of drug-likeness (QED) is 0.793. The summed E-state index contributed by atoms with van der Waals surface area (Å²) in [5, 5.41) is 20.6. The lowest BCUT2D eigenvalue weighted by molar-refractivity contribution is -0.0379. The molecular weight excluding hydrogens is 360 g/mol. The first-order chi connectivity index (χ1) is 14.1. The van der Waals surface area contributed by atoms with E-state index in [4.69, 9.17) is 4.74 Å². The first-order valence-corrected chi connectivity index (χ1v) is 11.2. The monoisotopic (exact) mass is 392 g/mol. The van der Waals surface area contributed by atoms with Gasteiger partial charge in [0, 0.05) is 12.5 Å². The Morgan fingerprint density at radius 2 is 1.93 bits per heavy atom. The van der Waals surface area contributed by atoms with Crippen LogP contribution in [0.2, 0.25) is 0 Å². The predicted molar refractivity (Wildman–Crippen MR) is 114 cm³/mol. The molecule has 0 aliphatic heterocycles. The predicted octanol–water partition coefficient (Wildman–Crippen LogP) is 4.70. The van der Waals surface area contributed by atoms with Crippen molar-refractivity contribution in [3.63, 3.8) is 0 Å². The van der Waals surface area contributed by atoms with E-state index in [1.165, 1.54) is 23.1 Å². The maximum Gasteiger partial charge on any atom is 0.120 e. The summed E-state index contributed by atoms with van der Waals surface area (Å²) in [5.74, 6) is 2.76. The van der Waals surface area contributed by atoms with Gasteiger partial charge in [0.2, 0.25) is 0 Å². The van der Waals surface area contributed by atoms with Crippen molar-refractivity contribution in [3.05, 3.63) is 65.2 Å². The molecule has 0 aromatic heterocycles. The van der Waals surface area contributed by atoms with Gasteiger partial charge < -0.3 is 14.9 Å². The first kappa shape index (κ1) is 19.1. The number of benzene rings is 2. The normalized spacial score (nSPS) is 35.5. The zero-order chi connectivity index (χ0) is 20.0. The van der Waals surface area contributed by atoms with Crippen LogP contribution < -0.4 is 4.74 Å². The molecule has 0 amide bonds. The molecule has 0 bridgehead atoms.